The molecule has 4 nitrogen and oxygen atoms in total. The summed E-state index contributed by atoms with van der Waals surface area (Å²) in [5.41, 5.74) is 1.88. The molecule has 0 saturated heterocycles. The van der Waals surface area contributed by atoms with Crippen molar-refractivity contribution in [3.8, 4) is 6.07 Å². The Bertz CT molecular complexity index is 652. The lowest BCUT2D eigenvalue weighted by molar-refractivity contribution is 0.687. The highest BCUT2D eigenvalue weighted by Gasteiger charge is 2.20. The van der Waals surface area contributed by atoms with Gasteiger partial charge in [-0.25, -0.2) is 4.98 Å². The van der Waals surface area contributed by atoms with Crippen molar-refractivity contribution < 1.29 is 0 Å². The largest absolute Gasteiger partial charge is 0.329 e. The molecule has 0 aliphatic heterocycles. The van der Waals surface area contributed by atoms with Crippen molar-refractivity contribution in [3.05, 3.63) is 41.7 Å². The molecule has 2 aromatic rings. The standard InChI is InChI=1S/C15H16N4S/c1-19-7-6-17-15(19)20-14-5-2-11(8-12(14)9-16)10-18-13-3-4-13/h2,5-8,13,18H,3-4,10H2,1H3. The molecule has 0 atom stereocenters. The van der Waals surface area contributed by atoms with Crippen LogP contribution in [0.25, 0.3) is 0 Å². The fourth-order valence-corrected chi connectivity index (χ4v) is 2.83. The maximum Gasteiger partial charge on any atom is 0.172 e. The molecule has 0 radical (unpaired) electrons. The van der Waals surface area contributed by atoms with E-state index in [2.05, 4.69) is 22.4 Å². The Morgan fingerprint density at radius 1 is 1.50 bits per heavy atom. The van der Waals surface area contributed by atoms with Crippen LogP contribution in [0.2, 0.25) is 0 Å². The Morgan fingerprint density at radius 3 is 3.00 bits per heavy atom. The molecular formula is C15H16N4S. The van der Waals surface area contributed by atoms with E-state index in [1.54, 1.807) is 6.20 Å². The number of hydrogen-bond acceptors (Lipinski definition) is 4. The quantitative estimate of drug-likeness (QED) is 0.917. The summed E-state index contributed by atoms with van der Waals surface area (Å²) in [6.07, 6.45) is 6.22. The van der Waals surface area contributed by atoms with Crippen molar-refractivity contribution >= 4 is 11.8 Å². The average Bonchev–Trinajstić information content (AvgIpc) is 3.21. The maximum absolute atomic E-state index is 9.32. The van der Waals surface area contributed by atoms with Crippen molar-refractivity contribution in [1.82, 2.24) is 14.9 Å². The number of nitrogens with one attached hydrogen (secondary N) is 1. The summed E-state index contributed by atoms with van der Waals surface area (Å²) in [6.45, 7) is 0.840. The van der Waals surface area contributed by atoms with Gasteiger partial charge < -0.3 is 9.88 Å². The van der Waals surface area contributed by atoms with E-state index in [-0.39, 0.29) is 0 Å². The molecule has 0 amide bonds. The van der Waals surface area contributed by atoms with Gasteiger partial charge in [0.1, 0.15) is 6.07 Å². The predicted octanol–water partition coefficient (Wildman–Crippen LogP) is 2.69. The Balaban J connectivity index is 1.76. The first-order chi connectivity index (χ1) is 9.76. The highest BCUT2D eigenvalue weighted by molar-refractivity contribution is 7.99. The van der Waals surface area contributed by atoms with Gasteiger partial charge in [-0.15, -0.1) is 0 Å². The number of rotatable bonds is 5. The van der Waals surface area contributed by atoms with Crippen molar-refractivity contribution in [2.75, 3.05) is 0 Å². The average molecular weight is 284 g/mol. The molecular weight excluding hydrogens is 268 g/mol. The van der Waals surface area contributed by atoms with Crippen LogP contribution in [-0.4, -0.2) is 15.6 Å². The van der Waals surface area contributed by atoms with Crippen molar-refractivity contribution in [1.29, 1.82) is 5.26 Å². The SMILES string of the molecule is Cn1ccnc1Sc1ccc(CNC2CC2)cc1C#N. The van der Waals surface area contributed by atoms with Crippen molar-refractivity contribution in [2.24, 2.45) is 7.05 Å². The summed E-state index contributed by atoms with van der Waals surface area (Å²) in [5, 5.41) is 13.7. The Kier molecular flexibility index (Phi) is 3.77. The summed E-state index contributed by atoms with van der Waals surface area (Å²) in [6, 6.07) is 9.04. The van der Waals surface area contributed by atoms with E-state index >= 15 is 0 Å². The lowest BCUT2D eigenvalue weighted by Crippen LogP contribution is -2.15. The molecule has 5 heteroatoms. The van der Waals surface area contributed by atoms with E-state index in [9.17, 15) is 5.26 Å². The zero-order valence-corrected chi connectivity index (χ0v) is 12.2. The maximum atomic E-state index is 9.32. The van der Waals surface area contributed by atoms with Crippen LogP contribution in [0.5, 0.6) is 0 Å². The minimum atomic E-state index is 0.683. The number of aromatic nitrogens is 2. The molecule has 1 fully saturated rings. The van der Waals surface area contributed by atoms with Gasteiger partial charge in [0, 0.05) is 36.9 Å². The summed E-state index contributed by atoms with van der Waals surface area (Å²) >= 11 is 1.53. The molecule has 0 spiro atoms. The van der Waals surface area contributed by atoms with E-state index in [1.807, 2.05) is 29.9 Å². The number of aryl methyl sites for hydroxylation is 1. The van der Waals surface area contributed by atoms with Gasteiger partial charge in [-0.3, -0.25) is 0 Å². The molecule has 0 unspecified atom stereocenters. The number of nitriles is 1. The Hall–Kier alpha value is -1.77. The van der Waals surface area contributed by atoms with Crippen LogP contribution in [0.4, 0.5) is 0 Å². The number of nitrogens with zero attached hydrogens (tertiary/aromatic N) is 3. The first-order valence-electron chi connectivity index (χ1n) is 6.68. The van der Waals surface area contributed by atoms with E-state index in [1.165, 1.54) is 24.6 Å². The van der Waals surface area contributed by atoms with E-state index < -0.39 is 0 Å². The topological polar surface area (TPSA) is 53.6 Å². The second-order valence-corrected chi connectivity index (χ2v) is 6.03. The fourth-order valence-electron chi connectivity index (χ4n) is 1.96. The van der Waals surface area contributed by atoms with Crippen LogP contribution < -0.4 is 5.32 Å². The highest BCUT2D eigenvalue weighted by Crippen LogP contribution is 2.29. The van der Waals surface area contributed by atoms with Gasteiger partial charge in [0.05, 0.1) is 5.56 Å². The lowest BCUT2D eigenvalue weighted by atomic mass is 10.1. The number of hydrogen-bond donors (Lipinski definition) is 1. The van der Waals surface area contributed by atoms with E-state index in [0.717, 1.165) is 22.2 Å². The van der Waals surface area contributed by atoms with Gasteiger partial charge in [0.2, 0.25) is 0 Å². The molecule has 1 aliphatic rings. The van der Waals surface area contributed by atoms with Crippen LogP contribution in [0.15, 0.2) is 40.6 Å². The molecule has 20 heavy (non-hydrogen) atoms. The molecule has 1 saturated carbocycles. The highest BCUT2D eigenvalue weighted by atomic mass is 32.2. The van der Waals surface area contributed by atoms with E-state index in [4.69, 9.17) is 0 Å². The van der Waals surface area contributed by atoms with Gasteiger partial charge in [-0.1, -0.05) is 17.8 Å². The Labute approximate surface area is 122 Å². The summed E-state index contributed by atoms with van der Waals surface area (Å²) in [5.74, 6) is 0. The van der Waals surface area contributed by atoms with Crippen molar-refractivity contribution in [2.45, 2.75) is 35.5 Å². The monoisotopic (exact) mass is 284 g/mol. The van der Waals surface area contributed by atoms with Crippen LogP contribution in [0.1, 0.15) is 24.0 Å². The lowest BCUT2D eigenvalue weighted by Gasteiger charge is -2.07. The summed E-state index contributed by atoms with van der Waals surface area (Å²) in [4.78, 5) is 5.24. The molecule has 102 valence electrons. The third kappa shape index (κ3) is 3.03. The van der Waals surface area contributed by atoms with Crippen molar-refractivity contribution in [3.63, 3.8) is 0 Å². The Morgan fingerprint density at radius 2 is 2.35 bits per heavy atom. The first-order valence-corrected chi connectivity index (χ1v) is 7.49. The predicted molar refractivity (Wildman–Crippen MR) is 78.3 cm³/mol. The minimum absolute atomic E-state index is 0.683. The molecule has 1 aromatic carbocycles. The van der Waals surface area contributed by atoms with Gasteiger partial charge in [0.25, 0.3) is 0 Å². The third-order valence-electron chi connectivity index (χ3n) is 3.31. The third-order valence-corrected chi connectivity index (χ3v) is 4.47. The second kappa shape index (κ2) is 5.70. The molecule has 1 heterocycles. The van der Waals surface area contributed by atoms with Crippen LogP contribution in [0, 0.1) is 11.3 Å². The molecule has 1 aromatic heterocycles. The molecule has 1 N–H and O–H groups in total. The number of benzene rings is 1. The van der Waals surface area contributed by atoms with Gasteiger partial charge >= 0.3 is 0 Å². The zero-order chi connectivity index (χ0) is 13.9. The minimum Gasteiger partial charge on any atom is -0.329 e. The van der Waals surface area contributed by atoms with E-state index in [0.29, 0.717) is 11.6 Å². The van der Waals surface area contributed by atoms with Gasteiger partial charge in [-0.05, 0) is 30.5 Å². The molecule has 3 rings (SSSR count). The van der Waals surface area contributed by atoms with Crippen LogP contribution in [-0.2, 0) is 13.6 Å². The smallest absolute Gasteiger partial charge is 0.172 e. The van der Waals surface area contributed by atoms with Gasteiger partial charge in [0.15, 0.2) is 5.16 Å². The normalized spacial score (nSPS) is 14.2. The second-order valence-electron chi connectivity index (χ2n) is 5.02. The fraction of sp³-hybridized carbons (Fsp3) is 0.333. The van der Waals surface area contributed by atoms with Gasteiger partial charge in [-0.2, -0.15) is 5.26 Å². The van der Waals surface area contributed by atoms with Crippen LogP contribution >= 0.6 is 11.8 Å². The molecule has 1 aliphatic carbocycles. The number of imidazole rings is 1. The summed E-state index contributed by atoms with van der Waals surface area (Å²) < 4.78 is 1.95. The first kappa shape index (κ1) is 13.2. The molecule has 0 bridgehead atoms. The van der Waals surface area contributed by atoms with Crippen LogP contribution in [0.3, 0.4) is 0 Å². The summed E-state index contributed by atoms with van der Waals surface area (Å²) in [7, 11) is 1.95. The zero-order valence-electron chi connectivity index (χ0n) is 11.3.